The van der Waals surface area contributed by atoms with E-state index >= 15 is 0 Å². The SMILES string of the molecule is COc1cc(CN(C)CCOc2c(C=O)cc(Cn3ccccc3=N)cc2-c2ccc(F)cc2C)cc(OC)c1. The van der Waals surface area contributed by atoms with E-state index in [0.717, 1.165) is 40.0 Å². The van der Waals surface area contributed by atoms with Crippen molar-refractivity contribution in [1.82, 2.24) is 9.47 Å². The van der Waals surface area contributed by atoms with Gasteiger partial charge < -0.3 is 18.8 Å². The smallest absolute Gasteiger partial charge is 0.153 e. The molecule has 0 spiro atoms. The number of pyridine rings is 1. The molecule has 208 valence electrons. The maximum Gasteiger partial charge on any atom is 0.153 e. The zero-order chi connectivity index (χ0) is 28.6. The summed E-state index contributed by atoms with van der Waals surface area (Å²) >= 11 is 0. The predicted molar refractivity (Wildman–Crippen MR) is 153 cm³/mol. The fourth-order valence-electron chi connectivity index (χ4n) is 4.65. The second-order valence-corrected chi connectivity index (χ2v) is 9.66. The van der Waals surface area contributed by atoms with Crippen LogP contribution >= 0.6 is 0 Å². The first kappa shape index (κ1) is 28.6. The van der Waals surface area contributed by atoms with E-state index in [1.54, 1.807) is 37.0 Å². The van der Waals surface area contributed by atoms with Gasteiger partial charge in [-0.3, -0.25) is 15.1 Å². The molecule has 0 radical (unpaired) electrons. The number of nitrogens with zero attached hydrogens (tertiary/aromatic N) is 2. The van der Waals surface area contributed by atoms with Gasteiger partial charge in [0.15, 0.2) is 6.29 Å². The molecule has 3 aromatic carbocycles. The van der Waals surface area contributed by atoms with Crippen molar-refractivity contribution in [3.63, 3.8) is 0 Å². The highest BCUT2D eigenvalue weighted by atomic mass is 19.1. The minimum absolute atomic E-state index is 0.329. The summed E-state index contributed by atoms with van der Waals surface area (Å²) in [6.07, 6.45) is 2.61. The van der Waals surface area contributed by atoms with Gasteiger partial charge >= 0.3 is 0 Å². The average Bonchev–Trinajstić information content (AvgIpc) is 2.94. The quantitative estimate of drug-likeness (QED) is 0.240. The van der Waals surface area contributed by atoms with E-state index in [2.05, 4.69) is 4.90 Å². The number of likely N-dealkylation sites (N-methyl/N-ethyl adjacent to an activating group) is 1. The number of benzene rings is 3. The fourth-order valence-corrected chi connectivity index (χ4v) is 4.65. The van der Waals surface area contributed by atoms with Gasteiger partial charge in [-0.2, -0.15) is 0 Å². The first-order chi connectivity index (χ1) is 19.3. The lowest BCUT2D eigenvalue weighted by molar-refractivity contribution is 0.111. The number of ether oxygens (including phenoxy) is 3. The Bertz CT molecular complexity index is 1530. The van der Waals surface area contributed by atoms with E-state index in [9.17, 15) is 9.18 Å². The molecular formula is C32H34FN3O4. The van der Waals surface area contributed by atoms with E-state index in [1.807, 2.05) is 56.6 Å². The summed E-state index contributed by atoms with van der Waals surface area (Å²) in [5.74, 6) is 1.57. The molecule has 0 saturated carbocycles. The lowest BCUT2D eigenvalue weighted by atomic mass is 9.95. The predicted octanol–water partition coefficient (Wildman–Crippen LogP) is 5.47. The van der Waals surface area contributed by atoms with Crippen molar-refractivity contribution in [2.45, 2.75) is 20.0 Å². The standard InChI is InChI=1S/C32H34FN3O4/c1-22-13-26(33)8-9-29(22)30-17-23(20-36-10-6-5-7-31(36)34)14-25(21-37)32(30)40-12-11-35(2)19-24-15-27(38-3)18-28(16-24)39-4/h5-10,13-18,21,34H,11-12,19-20H2,1-4H3. The third-order valence-electron chi connectivity index (χ3n) is 6.66. The number of aldehydes is 1. The summed E-state index contributed by atoms with van der Waals surface area (Å²) in [7, 11) is 5.23. The molecule has 0 atom stereocenters. The molecule has 8 heteroatoms. The largest absolute Gasteiger partial charge is 0.497 e. The number of hydrogen-bond donors (Lipinski definition) is 1. The summed E-state index contributed by atoms with van der Waals surface area (Å²) in [5.41, 5.74) is 4.85. The van der Waals surface area contributed by atoms with Gasteiger partial charge in [0, 0.05) is 37.5 Å². The van der Waals surface area contributed by atoms with Gasteiger partial charge in [0.1, 0.15) is 35.2 Å². The maximum absolute atomic E-state index is 14.0. The number of aryl methyl sites for hydroxylation is 1. The normalized spacial score (nSPS) is 10.9. The summed E-state index contributed by atoms with van der Waals surface area (Å²) in [4.78, 5) is 14.4. The van der Waals surface area contributed by atoms with E-state index in [4.69, 9.17) is 19.6 Å². The highest BCUT2D eigenvalue weighted by molar-refractivity contribution is 5.87. The number of nitrogens with one attached hydrogen (secondary N) is 1. The molecule has 0 unspecified atom stereocenters. The molecule has 1 N–H and O–H groups in total. The first-order valence-electron chi connectivity index (χ1n) is 12.9. The van der Waals surface area contributed by atoms with E-state index < -0.39 is 0 Å². The number of halogens is 1. The Labute approximate surface area is 233 Å². The van der Waals surface area contributed by atoms with Crippen LogP contribution in [0.2, 0.25) is 0 Å². The zero-order valence-electron chi connectivity index (χ0n) is 23.2. The Morgan fingerprint density at radius 1 is 0.950 bits per heavy atom. The van der Waals surface area contributed by atoms with Crippen LogP contribution in [0.4, 0.5) is 4.39 Å². The molecule has 0 aliphatic rings. The van der Waals surface area contributed by atoms with Gasteiger partial charge in [0.2, 0.25) is 0 Å². The van der Waals surface area contributed by atoms with Crippen molar-refractivity contribution < 1.29 is 23.4 Å². The third kappa shape index (κ3) is 6.95. The topological polar surface area (TPSA) is 76.8 Å². The minimum atomic E-state index is -0.329. The monoisotopic (exact) mass is 543 g/mol. The van der Waals surface area contributed by atoms with Gasteiger partial charge in [0.25, 0.3) is 0 Å². The molecule has 0 fully saturated rings. The Balaban J connectivity index is 1.60. The van der Waals surface area contributed by atoms with Crippen LogP contribution in [0.5, 0.6) is 17.2 Å². The Morgan fingerprint density at radius 3 is 2.35 bits per heavy atom. The van der Waals surface area contributed by atoms with Crippen LogP contribution in [0.25, 0.3) is 11.1 Å². The van der Waals surface area contributed by atoms with Gasteiger partial charge in [-0.1, -0.05) is 12.1 Å². The van der Waals surface area contributed by atoms with Crippen molar-refractivity contribution in [1.29, 1.82) is 5.41 Å². The summed E-state index contributed by atoms with van der Waals surface area (Å²) in [6.45, 7) is 3.79. The Hall–Kier alpha value is -4.43. The van der Waals surface area contributed by atoms with Crippen molar-refractivity contribution in [2.75, 3.05) is 34.4 Å². The van der Waals surface area contributed by atoms with Crippen molar-refractivity contribution in [3.05, 3.63) is 106 Å². The van der Waals surface area contributed by atoms with Crippen LogP contribution in [0.15, 0.2) is 72.9 Å². The molecule has 7 nitrogen and oxygen atoms in total. The number of carbonyl (C=O) groups excluding carboxylic acids is 1. The molecule has 40 heavy (non-hydrogen) atoms. The second-order valence-electron chi connectivity index (χ2n) is 9.66. The summed E-state index contributed by atoms with van der Waals surface area (Å²) < 4.78 is 32.8. The number of methoxy groups -OCH3 is 2. The molecule has 4 aromatic rings. The zero-order valence-corrected chi connectivity index (χ0v) is 23.2. The molecule has 1 heterocycles. The van der Waals surface area contributed by atoms with Gasteiger partial charge in [0.05, 0.1) is 19.8 Å². The Morgan fingerprint density at radius 2 is 1.70 bits per heavy atom. The van der Waals surface area contributed by atoms with Crippen molar-refractivity contribution in [3.8, 4) is 28.4 Å². The molecule has 0 aliphatic heterocycles. The van der Waals surface area contributed by atoms with Crippen LogP contribution in [-0.2, 0) is 13.1 Å². The van der Waals surface area contributed by atoms with Gasteiger partial charge in [-0.25, -0.2) is 4.39 Å². The van der Waals surface area contributed by atoms with Crippen molar-refractivity contribution in [2.24, 2.45) is 0 Å². The van der Waals surface area contributed by atoms with E-state index in [1.165, 1.54) is 12.1 Å². The molecule has 0 aliphatic carbocycles. The van der Waals surface area contributed by atoms with Crippen LogP contribution < -0.4 is 19.7 Å². The maximum atomic E-state index is 14.0. The van der Waals surface area contributed by atoms with Crippen LogP contribution in [0.1, 0.15) is 27.0 Å². The summed E-state index contributed by atoms with van der Waals surface area (Å²) in [5, 5.41) is 8.20. The van der Waals surface area contributed by atoms with Crippen LogP contribution in [0, 0.1) is 18.2 Å². The highest BCUT2D eigenvalue weighted by Gasteiger charge is 2.17. The van der Waals surface area contributed by atoms with Gasteiger partial charge in [-0.05, 0) is 84.8 Å². The number of rotatable bonds is 12. The van der Waals surface area contributed by atoms with Crippen LogP contribution in [-0.4, -0.2) is 50.2 Å². The highest BCUT2D eigenvalue weighted by Crippen LogP contribution is 2.36. The molecular weight excluding hydrogens is 509 g/mol. The lowest BCUT2D eigenvalue weighted by Gasteiger charge is -2.21. The lowest BCUT2D eigenvalue weighted by Crippen LogP contribution is -2.24. The molecule has 0 saturated heterocycles. The number of aromatic nitrogens is 1. The van der Waals surface area contributed by atoms with E-state index in [-0.39, 0.29) is 5.82 Å². The molecule has 4 rings (SSSR count). The van der Waals surface area contributed by atoms with Crippen molar-refractivity contribution >= 4 is 6.29 Å². The number of hydrogen-bond acceptors (Lipinski definition) is 6. The Kier molecular flexibility index (Phi) is 9.35. The molecule has 0 bridgehead atoms. The molecule has 0 amide bonds. The van der Waals surface area contributed by atoms with Crippen LogP contribution in [0.3, 0.4) is 0 Å². The summed E-state index contributed by atoms with van der Waals surface area (Å²) in [6, 6.07) is 19.5. The second kappa shape index (κ2) is 13.1. The van der Waals surface area contributed by atoms with E-state index in [0.29, 0.717) is 48.6 Å². The van der Waals surface area contributed by atoms with Gasteiger partial charge in [-0.15, -0.1) is 0 Å². The first-order valence-corrected chi connectivity index (χ1v) is 12.9. The number of carbonyl (C=O) groups is 1. The third-order valence-corrected chi connectivity index (χ3v) is 6.66. The molecule has 1 aromatic heterocycles. The minimum Gasteiger partial charge on any atom is -0.497 e. The average molecular weight is 544 g/mol. The fraction of sp³-hybridized carbons (Fsp3) is 0.250.